The molecule has 0 atom stereocenters. The van der Waals surface area contributed by atoms with Crippen LogP contribution in [0.4, 0.5) is 10.3 Å². The van der Waals surface area contributed by atoms with Crippen LogP contribution in [0, 0.1) is 12.7 Å². The van der Waals surface area contributed by atoms with Gasteiger partial charge in [-0.25, -0.2) is 9.07 Å². The van der Waals surface area contributed by atoms with Crippen molar-refractivity contribution in [2.24, 2.45) is 0 Å². The van der Waals surface area contributed by atoms with Crippen molar-refractivity contribution >= 4 is 11.9 Å². The summed E-state index contributed by atoms with van der Waals surface area (Å²) in [6.07, 6.45) is 3.11. The first-order valence-corrected chi connectivity index (χ1v) is 6.84. The van der Waals surface area contributed by atoms with Gasteiger partial charge in [0.25, 0.3) is 11.5 Å². The van der Waals surface area contributed by atoms with E-state index >= 15 is 0 Å². The first kappa shape index (κ1) is 15.3. The summed E-state index contributed by atoms with van der Waals surface area (Å²) >= 11 is 0. The second kappa shape index (κ2) is 6.28. The molecule has 0 saturated carbocycles. The number of aryl methyl sites for hydroxylation is 1. The summed E-state index contributed by atoms with van der Waals surface area (Å²) in [5.41, 5.74) is 4.76. The lowest BCUT2D eigenvalue weighted by Gasteiger charge is -2.08. The lowest BCUT2D eigenvalue weighted by molar-refractivity contribution is 0.0962. The number of hydrogen-bond acceptors (Lipinski definition) is 6. The summed E-state index contributed by atoms with van der Waals surface area (Å²) in [5, 5.41) is 11.2. The number of halogens is 1. The average molecular weight is 329 g/mol. The van der Waals surface area contributed by atoms with E-state index in [1.165, 1.54) is 29.9 Å². The van der Waals surface area contributed by atoms with Crippen molar-refractivity contribution in [3.8, 4) is 5.69 Å². The number of nitrogens with one attached hydrogen (secondary N) is 3. The lowest BCUT2D eigenvalue weighted by atomic mass is 10.2. The highest BCUT2D eigenvalue weighted by molar-refractivity contribution is 5.94. The maximum Gasteiger partial charge on any atom is 0.274 e. The van der Waals surface area contributed by atoms with Gasteiger partial charge in [0.2, 0.25) is 5.95 Å². The van der Waals surface area contributed by atoms with E-state index in [4.69, 9.17) is 0 Å². The van der Waals surface area contributed by atoms with Gasteiger partial charge in [0.05, 0.1) is 0 Å². The highest BCUT2D eigenvalue weighted by Gasteiger charge is 2.11. The maximum absolute atomic E-state index is 14.1. The molecule has 0 aliphatic carbocycles. The minimum absolute atomic E-state index is 0.0346. The Kier molecular flexibility index (Phi) is 4.01. The summed E-state index contributed by atoms with van der Waals surface area (Å²) in [6, 6.07) is 5.62. The number of rotatable bonds is 4. The zero-order valence-electron chi connectivity index (χ0n) is 12.4. The molecule has 0 fully saturated rings. The van der Waals surface area contributed by atoms with E-state index in [1.54, 1.807) is 12.3 Å². The maximum atomic E-state index is 14.1. The summed E-state index contributed by atoms with van der Waals surface area (Å²) in [7, 11) is 0. The van der Waals surface area contributed by atoms with E-state index < -0.39 is 17.3 Å². The molecule has 0 unspecified atom stereocenters. The number of aromatic amines is 1. The molecule has 0 radical (unpaired) electrons. The van der Waals surface area contributed by atoms with Gasteiger partial charge in [-0.3, -0.25) is 25.4 Å². The number of H-pyrrole nitrogens is 1. The fourth-order valence-corrected chi connectivity index (χ4v) is 1.88. The first-order valence-electron chi connectivity index (χ1n) is 6.84. The fraction of sp³-hybridized carbons (Fsp3) is 0.0714. The number of aromatic nitrogens is 5. The van der Waals surface area contributed by atoms with Crippen LogP contribution in [0.1, 0.15) is 16.1 Å². The van der Waals surface area contributed by atoms with Crippen LogP contribution >= 0.6 is 0 Å². The van der Waals surface area contributed by atoms with Crippen LogP contribution in [-0.4, -0.2) is 30.9 Å². The van der Waals surface area contributed by atoms with Crippen LogP contribution < -0.4 is 16.4 Å². The third-order valence-corrected chi connectivity index (χ3v) is 3.12. The molecule has 0 bridgehead atoms. The van der Waals surface area contributed by atoms with Gasteiger partial charge in [0.1, 0.15) is 17.2 Å². The van der Waals surface area contributed by atoms with Gasteiger partial charge in [-0.15, -0.1) is 10.2 Å². The van der Waals surface area contributed by atoms with Crippen LogP contribution in [0.2, 0.25) is 0 Å². The van der Waals surface area contributed by atoms with Crippen LogP contribution in [0.5, 0.6) is 0 Å². The topological polar surface area (TPSA) is 118 Å². The molecule has 1 amide bonds. The number of hydrogen-bond donors (Lipinski definition) is 3. The fourth-order valence-electron chi connectivity index (χ4n) is 1.88. The van der Waals surface area contributed by atoms with E-state index in [0.29, 0.717) is 0 Å². The standard InChI is InChI=1S/C14H12FN7O2/c1-8-12(23)17-14(20-18-8)21-19-13(24)9-3-4-11(10(15)7-9)22-6-2-5-16-22/h2-7H,1H3,(H,19,24)(H2,17,20,21,23). The van der Waals surface area contributed by atoms with Crippen molar-refractivity contribution in [2.45, 2.75) is 6.92 Å². The molecule has 1 aromatic carbocycles. The Morgan fingerprint density at radius 1 is 1.33 bits per heavy atom. The van der Waals surface area contributed by atoms with Crippen LogP contribution in [0.15, 0.2) is 41.5 Å². The minimum Gasteiger partial charge on any atom is -0.288 e. The van der Waals surface area contributed by atoms with Crippen molar-refractivity contribution in [1.82, 2.24) is 30.4 Å². The highest BCUT2D eigenvalue weighted by Crippen LogP contribution is 2.14. The molecule has 3 rings (SSSR count). The molecule has 10 heteroatoms. The second-order valence-corrected chi connectivity index (χ2v) is 4.78. The SMILES string of the molecule is Cc1nnc(NNC(=O)c2ccc(-n3cccn3)c(F)c2)[nH]c1=O. The van der Waals surface area contributed by atoms with E-state index in [2.05, 4.69) is 31.1 Å². The van der Waals surface area contributed by atoms with Crippen LogP contribution in [0.25, 0.3) is 5.69 Å². The molecule has 3 N–H and O–H groups in total. The van der Waals surface area contributed by atoms with E-state index in [0.717, 1.165) is 6.07 Å². The number of nitrogens with zero attached hydrogens (tertiary/aromatic N) is 4. The average Bonchev–Trinajstić information content (AvgIpc) is 3.09. The number of hydrazine groups is 1. The molecule has 24 heavy (non-hydrogen) atoms. The largest absolute Gasteiger partial charge is 0.288 e. The highest BCUT2D eigenvalue weighted by atomic mass is 19.1. The quantitative estimate of drug-likeness (QED) is 0.602. The van der Waals surface area contributed by atoms with Gasteiger partial charge in [-0.1, -0.05) is 0 Å². The summed E-state index contributed by atoms with van der Waals surface area (Å²) in [4.78, 5) is 25.8. The molecule has 2 aromatic heterocycles. The van der Waals surface area contributed by atoms with Gasteiger partial charge in [-0.2, -0.15) is 5.10 Å². The van der Waals surface area contributed by atoms with E-state index in [1.807, 2.05) is 0 Å². The number of carbonyl (C=O) groups excluding carboxylic acids is 1. The molecule has 0 aliphatic heterocycles. The van der Waals surface area contributed by atoms with Gasteiger partial charge in [0.15, 0.2) is 0 Å². The summed E-state index contributed by atoms with van der Waals surface area (Å²) < 4.78 is 15.5. The smallest absolute Gasteiger partial charge is 0.274 e. The van der Waals surface area contributed by atoms with Gasteiger partial charge < -0.3 is 0 Å². The summed E-state index contributed by atoms with van der Waals surface area (Å²) in [5.74, 6) is -1.24. The predicted octanol–water partition coefficient (Wildman–Crippen LogP) is 0.555. The zero-order chi connectivity index (χ0) is 17.1. The van der Waals surface area contributed by atoms with Gasteiger partial charge in [0, 0.05) is 18.0 Å². The molecular formula is C14H12FN7O2. The van der Waals surface area contributed by atoms with Gasteiger partial charge in [-0.05, 0) is 31.2 Å². The van der Waals surface area contributed by atoms with Crippen molar-refractivity contribution in [1.29, 1.82) is 0 Å². The predicted molar refractivity (Wildman–Crippen MR) is 82.0 cm³/mol. The van der Waals surface area contributed by atoms with Crippen molar-refractivity contribution < 1.29 is 9.18 Å². The second-order valence-electron chi connectivity index (χ2n) is 4.78. The van der Waals surface area contributed by atoms with Crippen molar-refractivity contribution in [2.75, 3.05) is 5.43 Å². The molecule has 9 nitrogen and oxygen atoms in total. The van der Waals surface area contributed by atoms with Crippen molar-refractivity contribution in [3.05, 3.63) is 64.1 Å². The molecule has 3 aromatic rings. The van der Waals surface area contributed by atoms with Crippen LogP contribution in [0.3, 0.4) is 0 Å². The Bertz CT molecular complexity index is 937. The molecular weight excluding hydrogens is 317 g/mol. The van der Waals surface area contributed by atoms with E-state index in [-0.39, 0.29) is 22.9 Å². The van der Waals surface area contributed by atoms with Crippen molar-refractivity contribution in [3.63, 3.8) is 0 Å². The third kappa shape index (κ3) is 3.11. The number of anilines is 1. The minimum atomic E-state index is -0.607. The third-order valence-electron chi connectivity index (χ3n) is 3.12. The lowest BCUT2D eigenvalue weighted by Crippen LogP contribution is -2.32. The van der Waals surface area contributed by atoms with Gasteiger partial charge >= 0.3 is 0 Å². The molecule has 0 aliphatic rings. The number of benzene rings is 1. The zero-order valence-corrected chi connectivity index (χ0v) is 12.4. The number of amides is 1. The number of carbonyl (C=O) groups is 1. The Balaban J connectivity index is 1.72. The Morgan fingerprint density at radius 3 is 2.83 bits per heavy atom. The first-order chi connectivity index (χ1) is 11.5. The summed E-state index contributed by atoms with van der Waals surface area (Å²) in [6.45, 7) is 1.50. The molecule has 2 heterocycles. The normalized spacial score (nSPS) is 10.4. The molecule has 122 valence electrons. The molecule has 0 saturated heterocycles. The Morgan fingerprint density at radius 2 is 2.17 bits per heavy atom. The van der Waals surface area contributed by atoms with E-state index in [9.17, 15) is 14.0 Å². The molecule has 0 spiro atoms. The Hall–Kier alpha value is -3.56. The monoisotopic (exact) mass is 329 g/mol. The van der Waals surface area contributed by atoms with Crippen LogP contribution in [-0.2, 0) is 0 Å². The Labute approximate surface area is 134 Å².